The van der Waals surface area contributed by atoms with E-state index in [-0.39, 0.29) is 11.1 Å². The third-order valence-electron chi connectivity index (χ3n) is 5.25. The maximum Gasteiger partial charge on any atom is 0.290 e. The number of carbonyl (C=O) groups is 2. The van der Waals surface area contributed by atoms with Crippen LogP contribution in [-0.4, -0.2) is 30.3 Å². The van der Waals surface area contributed by atoms with Crippen molar-refractivity contribution in [3.05, 3.63) is 71.3 Å². The first-order valence-electron chi connectivity index (χ1n) is 10.0. The van der Waals surface area contributed by atoms with Gasteiger partial charge in [-0.05, 0) is 65.9 Å². The minimum absolute atomic E-state index is 0.354. The molecule has 0 atom stereocenters. The lowest BCUT2D eigenvalue weighted by Crippen LogP contribution is -2.17. The van der Waals surface area contributed by atoms with E-state index in [0.29, 0.717) is 4.91 Å². The first kappa shape index (κ1) is 21.2. The largest absolute Gasteiger partial charge is 0.496 e. The van der Waals surface area contributed by atoms with E-state index in [1.165, 1.54) is 0 Å². The van der Waals surface area contributed by atoms with Crippen molar-refractivity contribution >= 4 is 51.2 Å². The number of thiophene rings is 1. The van der Waals surface area contributed by atoms with Crippen molar-refractivity contribution in [3.63, 3.8) is 0 Å². The van der Waals surface area contributed by atoms with Crippen molar-refractivity contribution in [2.24, 2.45) is 0 Å². The Balaban J connectivity index is 1.59. The molecule has 5 rings (SSSR count). The summed E-state index contributed by atoms with van der Waals surface area (Å²) >= 11 is 2.54. The number of amides is 2. The van der Waals surface area contributed by atoms with Crippen LogP contribution >= 0.6 is 23.1 Å². The van der Waals surface area contributed by atoms with Gasteiger partial charge in [0.2, 0.25) is 0 Å². The van der Waals surface area contributed by atoms with E-state index in [4.69, 9.17) is 9.47 Å². The van der Waals surface area contributed by atoms with Crippen LogP contribution in [0.25, 0.3) is 37.9 Å². The van der Waals surface area contributed by atoms with Gasteiger partial charge in [-0.15, -0.1) is 11.3 Å². The molecule has 0 bridgehead atoms. The lowest BCUT2D eigenvalue weighted by atomic mass is 10.0. The Morgan fingerprint density at radius 1 is 0.939 bits per heavy atom. The molecule has 1 saturated heterocycles. The van der Waals surface area contributed by atoms with Crippen molar-refractivity contribution in [3.8, 4) is 32.4 Å². The second-order valence-corrected chi connectivity index (χ2v) is 9.29. The van der Waals surface area contributed by atoms with Gasteiger partial charge in [0.1, 0.15) is 11.5 Å². The molecular weight excluding hydrogens is 456 g/mol. The van der Waals surface area contributed by atoms with Crippen LogP contribution in [0.5, 0.6) is 11.5 Å². The van der Waals surface area contributed by atoms with Crippen LogP contribution in [-0.2, 0) is 4.79 Å². The molecule has 0 aliphatic carbocycles. The SMILES string of the molecule is COc1cccc(OC)c1-c1ccc(-c2ccnc3ccc(C=C4SC(=O)NC4=O)cc23)s1. The van der Waals surface area contributed by atoms with Crippen LogP contribution in [0.3, 0.4) is 0 Å². The van der Waals surface area contributed by atoms with Crippen molar-refractivity contribution in [1.82, 2.24) is 10.3 Å². The van der Waals surface area contributed by atoms with Gasteiger partial charge in [0.25, 0.3) is 11.1 Å². The number of fused-ring (bicyclic) bond motifs is 1. The summed E-state index contributed by atoms with van der Waals surface area (Å²) in [4.78, 5) is 30.4. The van der Waals surface area contributed by atoms with Gasteiger partial charge in [0, 0.05) is 26.9 Å². The zero-order valence-corrected chi connectivity index (χ0v) is 19.4. The summed E-state index contributed by atoms with van der Waals surface area (Å²) in [6.45, 7) is 0. The number of imide groups is 1. The van der Waals surface area contributed by atoms with Crippen LogP contribution in [0.4, 0.5) is 4.79 Å². The maximum absolute atomic E-state index is 11.9. The van der Waals surface area contributed by atoms with E-state index < -0.39 is 0 Å². The number of benzene rings is 2. The van der Waals surface area contributed by atoms with Crippen molar-refractivity contribution in [2.75, 3.05) is 14.2 Å². The molecule has 3 heterocycles. The lowest BCUT2D eigenvalue weighted by Gasteiger charge is -2.11. The predicted octanol–water partition coefficient (Wildman–Crippen LogP) is 5.97. The van der Waals surface area contributed by atoms with Gasteiger partial charge in [0.15, 0.2) is 0 Å². The van der Waals surface area contributed by atoms with Crippen molar-refractivity contribution in [1.29, 1.82) is 0 Å². The molecule has 164 valence electrons. The lowest BCUT2D eigenvalue weighted by molar-refractivity contribution is -0.115. The van der Waals surface area contributed by atoms with E-state index >= 15 is 0 Å². The third-order valence-corrected chi connectivity index (χ3v) is 7.20. The summed E-state index contributed by atoms with van der Waals surface area (Å²) in [5.74, 6) is 1.13. The molecule has 1 fully saturated rings. The maximum atomic E-state index is 11.9. The average molecular weight is 475 g/mol. The monoisotopic (exact) mass is 474 g/mol. The van der Waals surface area contributed by atoms with Gasteiger partial charge >= 0.3 is 0 Å². The topological polar surface area (TPSA) is 77.5 Å². The van der Waals surface area contributed by atoms with Crippen LogP contribution in [0.2, 0.25) is 0 Å². The number of pyridine rings is 1. The van der Waals surface area contributed by atoms with Gasteiger partial charge in [-0.25, -0.2) is 0 Å². The minimum atomic E-state index is -0.370. The highest BCUT2D eigenvalue weighted by molar-refractivity contribution is 8.18. The molecule has 1 aliphatic heterocycles. The Labute approximate surface area is 198 Å². The number of carbonyl (C=O) groups excluding carboxylic acids is 2. The summed E-state index contributed by atoms with van der Waals surface area (Å²) < 4.78 is 11.1. The number of aromatic nitrogens is 1. The first-order valence-corrected chi connectivity index (χ1v) is 11.7. The van der Waals surface area contributed by atoms with E-state index in [1.54, 1.807) is 37.8 Å². The number of nitrogens with zero attached hydrogens (tertiary/aromatic N) is 1. The van der Waals surface area contributed by atoms with Crippen LogP contribution < -0.4 is 14.8 Å². The molecule has 2 aromatic carbocycles. The van der Waals surface area contributed by atoms with Crippen LogP contribution in [0, 0.1) is 0 Å². The highest BCUT2D eigenvalue weighted by Crippen LogP contribution is 2.44. The highest BCUT2D eigenvalue weighted by atomic mass is 32.2. The third kappa shape index (κ3) is 3.99. The number of nitrogens with one attached hydrogen (secondary N) is 1. The zero-order chi connectivity index (χ0) is 22.9. The Kier molecular flexibility index (Phi) is 5.62. The molecular formula is C25H18N2O4S2. The molecule has 2 amide bonds. The van der Waals surface area contributed by atoms with Crippen molar-refractivity contribution in [2.45, 2.75) is 0 Å². The summed E-state index contributed by atoms with van der Waals surface area (Å²) in [5, 5.41) is 2.89. The van der Waals surface area contributed by atoms with E-state index in [1.807, 2.05) is 42.5 Å². The number of thioether (sulfide) groups is 1. The number of ether oxygens (including phenoxy) is 2. The first-order chi connectivity index (χ1) is 16.1. The van der Waals surface area contributed by atoms with Crippen molar-refractivity contribution < 1.29 is 19.1 Å². The zero-order valence-electron chi connectivity index (χ0n) is 17.7. The molecule has 33 heavy (non-hydrogen) atoms. The number of rotatable bonds is 5. The van der Waals surface area contributed by atoms with Gasteiger partial charge in [-0.3, -0.25) is 19.9 Å². The molecule has 1 N–H and O–H groups in total. The molecule has 8 heteroatoms. The Hall–Kier alpha value is -3.62. The fraction of sp³-hybridized carbons (Fsp3) is 0.0800. The van der Waals surface area contributed by atoms with Gasteiger partial charge in [-0.1, -0.05) is 12.1 Å². The molecule has 6 nitrogen and oxygen atoms in total. The fourth-order valence-electron chi connectivity index (χ4n) is 3.75. The van der Waals surface area contributed by atoms with Gasteiger partial charge < -0.3 is 9.47 Å². The summed E-state index contributed by atoms with van der Waals surface area (Å²) in [7, 11) is 3.30. The molecule has 0 saturated carbocycles. The second-order valence-electron chi connectivity index (χ2n) is 7.19. The Morgan fingerprint density at radius 2 is 1.70 bits per heavy atom. The van der Waals surface area contributed by atoms with E-state index in [9.17, 15) is 9.59 Å². The van der Waals surface area contributed by atoms with Gasteiger partial charge in [-0.2, -0.15) is 0 Å². The quantitative estimate of drug-likeness (QED) is 0.359. The minimum Gasteiger partial charge on any atom is -0.496 e. The molecule has 0 unspecified atom stereocenters. The fourth-order valence-corrected chi connectivity index (χ4v) is 5.53. The van der Waals surface area contributed by atoms with Crippen LogP contribution in [0.1, 0.15) is 5.56 Å². The average Bonchev–Trinajstić information content (AvgIpc) is 3.44. The Morgan fingerprint density at radius 3 is 2.39 bits per heavy atom. The van der Waals surface area contributed by atoms with E-state index in [0.717, 1.165) is 60.6 Å². The Bertz CT molecular complexity index is 1420. The molecule has 2 aromatic heterocycles. The summed E-state index contributed by atoms with van der Waals surface area (Å²) in [6.07, 6.45) is 3.51. The molecule has 0 spiro atoms. The number of hydrogen-bond acceptors (Lipinski definition) is 7. The summed E-state index contributed by atoms with van der Waals surface area (Å²) in [6, 6.07) is 17.7. The second kappa shape index (κ2) is 8.73. The highest BCUT2D eigenvalue weighted by Gasteiger charge is 2.25. The normalized spacial score (nSPS) is 14.7. The van der Waals surface area contributed by atoms with Crippen LogP contribution in [0.15, 0.2) is 65.7 Å². The van der Waals surface area contributed by atoms with E-state index in [2.05, 4.69) is 22.4 Å². The molecule has 1 aliphatic rings. The standard InChI is InChI=1S/C25H18N2O4S2/c1-30-18-4-3-5-19(31-2)23(18)21-9-8-20(32-21)15-10-11-26-17-7-6-14(12-16(15)17)13-22-24(28)27-25(29)33-22/h3-13H,1-2H3,(H,27,28,29). The summed E-state index contributed by atoms with van der Waals surface area (Å²) in [5.41, 5.74) is 3.62. The number of methoxy groups -OCH3 is 2. The predicted molar refractivity (Wildman–Crippen MR) is 133 cm³/mol. The molecule has 0 radical (unpaired) electrons. The van der Waals surface area contributed by atoms with Gasteiger partial charge in [0.05, 0.1) is 30.2 Å². The molecule has 4 aromatic rings. The number of hydrogen-bond donors (Lipinski definition) is 1. The smallest absolute Gasteiger partial charge is 0.290 e.